The highest BCUT2D eigenvalue weighted by molar-refractivity contribution is 7.89. The predicted molar refractivity (Wildman–Crippen MR) is 107 cm³/mol. The van der Waals surface area contributed by atoms with Crippen molar-refractivity contribution in [3.05, 3.63) is 24.3 Å². The van der Waals surface area contributed by atoms with Gasteiger partial charge in [0.05, 0.1) is 4.90 Å². The molecule has 0 spiro atoms. The van der Waals surface area contributed by atoms with Gasteiger partial charge in [-0.05, 0) is 49.4 Å². The van der Waals surface area contributed by atoms with E-state index in [1.54, 1.807) is 7.05 Å². The van der Waals surface area contributed by atoms with Gasteiger partial charge in [-0.2, -0.15) is 0 Å². The van der Waals surface area contributed by atoms with Crippen LogP contribution in [0.3, 0.4) is 0 Å². The van der Waals surface area contributed by atoms with Crippen molar-refractivity contribution in [1.29, 1.82) is 0 Å². The van der Waals surface area contributed by atoms with Crippen molar-refractivity contribution in [2.45, 2.75) is 56.8 Å². The highest BCUT2D eigenvalue weighted by atomic mass is 32.2. The van der Waals surface area contributed by atoms with Crippen molar-refractivity contribution in [2.24, 2.45) is 5.92 Å². The fraction of sp³-hybridized carbons (Fsp3) is 0.600. The first-order chi connectivity index (χ1) is 13.3. The molecule has 7 nitrogen and oxygen atoms in total. The van der Waals surface area contributed by atoms with Crippen LogP contribution in [0.25, 0.3) is 0 Å². The van der Waals surface area contributed by atoms with E-state index < -0.39 is 15.9 Å². The largest absolute Gasteiger partial charge is 0.456 e. The Morgan fingerprint density at radius 2 is 1.82 bits per heavy atom. The molecule has 0 aliphatic heterocycles. The Balaban J connectivity index is 1.82. The number of nitrogens with one attached hydrogen (secondary N) is 1. The van der Waals surface area contributed by atoms with E-state index in [1.165, 1.54) is 28.6 Å². The molecule has 1 fully saturated rings. The summed E-state index contributed by atoms with van der Waals surface area (Å²) in [4.78, 5) is 23.9. The lowest BCUT2D eigenvalue weighted by Crippen LogP contribution is -2.28. The first-order valence-corrected chi connectivity index (χ1v) is 11.3. The van der Waals surface area contributed by atoms with Gasteiger partial charge in [-0.15, -0.1) is 0 Å². The van der Waals surface area contributed by atoms with Crippen molar-refractivity contribution >= 4 is 27.6 Å². The molecular formula is C20H30N2O5S. The van der Waals surface area contributed by atoms with Crippen LogP contribution in [0.1, 0.15) is 51.9 Å². The number of benzene rings is 1. The summed E-state index contributed by atoms with van der Waals surface area (Å²) in [7, 11) is -1.98. The summed E-state index contributed by atoms with van der Waals surface area (Å²) in [6.07, 6.45) is 6.47. The number of nitrogens with zero attached hydrogens (tertiary/aromatic N) is 1. The fourth-order valence-corrected chi connectivity index (χ4v) is 4.45. The van der Waals surface area contributed by atoms with Crippen LogP contribution in [0.15, 0.2) is 29.2 Å². The van der Waals surface area contributed by atoms with Gasteiger partial charge in [0.25, 0.3) is 5.91 Å². The first-order valence-electron chi connectivity index (χ1n) is 9.84. The molecule has 1 aromatic rings. The Labute approximate surface area is 167 Å². The topological polar surface area (TPSA) is 92.8 Å². The summed E-state index contributed by atoms with van der Waals surface area (Å²) < 4.78 is 31.3. The number of amides is 1. The molecule has 1 saturated carbocycles. The van der Waals surface area contributed by atoms with Gasteiger partial charge in [-0.3, -0.25) is 9.59 Å². The minimum atomic E-state index is -3.54. The van der Waals surface area contributed by atoms with E-state index in [1.807, 2.05) is 6.92 Å². The van der Waals surface area contributed by atoms with Crippen molar-refractivity contribution < 1.29 is 22.7 Å². The Hall–Kier alpha value is -1.93. The Kier molecular flexibility index (Phi) is 8.44. The maximum Gasteiger partial charge on any atom is 0.306 e. The molecule has 0 heterocycles. The number of unbranched alkanes of at least 4 members (excludes halogenated alkanes) is 1. The highest BCUT2D eigenvalue weighted by Gasteiger charge is 2.21. The molecule has 1 aromatic carbocycles. The lowest BCUT2D eigenvalue weighted by Gasteiger charge is -2.17. The monoisotopic (exact) mass is 410 g/mol. The zero-order valence-electron chi connectivity index (χ0n) is 16.6. The molecule has 1 N–H and O–H groups in total. The SMILES string of the molecule is CCCCN(C)S(=O)(=O)c1ccc(NC(=O)COC(=O)CC2CCCC2)cc1. The van der Waals surface area contributed by atoms with Gasteiger partial charge in [0.15, 0.2) is 6.61 Å². The molecule has 1 aliphatic rings. The van der Waals surface area contributed by atoms with E-state index in [-0.39, 0.29) is 17.5 Å². The summed E-state index contributed by atoms with van der Waals surface area (Å²) in [6.45, 7) is 2.12. The van der Waals surface area contributed by atoms with Crippen molar-refractivity contribution in [3.8, 4) is 0 Å². The lowest BCUT2D eigenvalue weighted by atomic mass is 10.1. The molecule has 0 radical (unpaired) electrons. The zero-order valence-corrected chi connectivity index (χ0v) is 17.5. The minimum Gasteiger partial charge on any atom is -0.456 e. The quantitative estimate of drug-likeness (QED) is 0.598. The van der Waals surface area contributed by atoms with Gasteiger partial charge in [-0.25, -0.2) is 12.7 Å². The van der Waals surface area contributed by atoms with Crippen molar-refractivity contribution in [2.75, 3.05) is 25.5 Å². The summed E-state index contributed by atoms with van der Waals surface area (Å²) in [5.74, 6) is -0.422. The second kappa shape index (κ2) is 10.6. The van der Waals surface area contributed by atoms with Gasteiger partial charge in [0.2, 0.25) is 10.0 Å². The second-order valence-electron chi connectivity index (χ2n) is 7.27. The molecule has 2 rings (SSSR count). The van der Waals surface area contributed by atoms with Crippen LogP contribution in [0.5, 0.6) is 0 Å². The molecule has 1 amide bonds. The molecule has 156 valence electrons. The molecule has 0 bridgehead atoms. The van der Waals surface area contributed by atoms with Crippen LogP contribution in [-0.4, -0.2) is 44.8 Å². The van der Waals surface area contributed by atoms with Gasteiger partial charge < -0.3 is 10.1 Å². The third-order valence-electron chi connectivity index (χ3n) is 4.97. The van der Waals surface area contributed by atoms with Gasteiger partial charge in [-0.1, -0.05) is 26.2 Å². The lowest BCUT2D eigenvalue weighted by molar-refractivity contribution is -0.148. The number of anilines is 1. The first kappa shape index (κ1) is 22.4. The molecule has 28 heavy (non-hydrogen) atoms. The third kappa shape index (κ3) is 6.60. The summed E-state index contributed by atoms with van der Waals surface area (Å²) in [5.41, 5.74) is 0.451. The summed E-state index contributed by atoms with van der Waals surface area (Å²) in [5, 5.41) is 2.61. The Morgan fingerprint density at radius 1 is 1.18 bits per heavy atom. The number of esters is 1. The molecule has 8 heteroatoms. The van der Waals surface area contributed by atoms with E-state index in [9.17, 15) is 18.0 Å². The van der Waals surface area contributed by atoms with Crippen LogP contribution in [0.2, 0.25) is 0 Å². The summed E-state index contributed by atoms with van der Waals surface area (Å²) >= 11 is 0. The number of hydrogen-bond acceptors (Lipinski definition) is 5. The van der Waals surface area contributed by atoms with Crippen LogP contribution < -0.4 is 5.32 Å². The van der Waals surface area contributed by atoms with E-state index >= 15 is 0 Å². The maximum absolute atomic E-state index is 12.5. The van der Waals surface area contributed by atoms with Gasteiger partial charge in [0, 0.05) is 25.7 Å². The van der Waals surface area contributed by atoms with E-state index in [2.05, 4.69) is 5.32 Å². The molecule has 1 aliphatic carbocycles. The van der Waals surface area contributed by atoms with E-state index in [0.29, 0.717) is 24.6 Å². The smallest absolute Gasteiger partial charge is 0.306 e. The number of carbonyl (C=O) groups is 2. The number of rotatable bonds is 10. The molecular weight excluding hydrogens is 380 g/mol. The van der Waals surface area contributed by atoms with Crippen LogP contribution in [0.4, 0.5) is 5.69 Å². The number of hydrogen-bond donors (Lipinski definition) is 1. The minimum absolute atomic E-state index is 0.173. The molecule has 0 unspecified atom stereocenters. The normalized spacial score (nSPS) is 15.0. The van der Waals surface area contributed by atoms with E-state index in [0.717, 1.165) is 38.5 Å². The van der Waals surface area contributed by atoms with Crippen molar-refractivity contribution in [1.82, 2.24) is 4.31 Å². The van der Waals surface area contributed by atoms with Gasteiger partial charge in [0.1, 0.15) is 0 Å². The maximum atomic E-state index is 12.5. The van der Waals surface area contributed by atoms with Crippen LogP contribution in [-0.2, 0) is 24.3 Å². The van der Waals surface area contributed by atoms with Crippen LogP contribution >= 0.6 is 0 Å². The second-order valence-corrected chi connectivity index (χ2v) is 9.31. The summed E-state index contributed by atoms with van der Waals surface area (Å²) in [6, 6.07) is 5.97. The van der Waals surface area contributed by atoms with Crippen LogP contribution in [0, 0.1) is 5.92 Å². The van der Waals surface area contributed by atoms with Gasteiger partial charge >= 0.3 is 5.97 Å². The molecule has 0 saturated heterocycles. The number of ether oxygens (including phenoxy) is 1. The number of sulfonamides is 1. The molecule has 0 atom stereocenters. The fourth-order valence-electron chi connectivity index (χ4n) is 3.24. The average Bonchev–Trinajstić information content (AvgIpc) is 3.17. The zero-order chi connectivity index (χ0) is 20.6. The number of carbonyl (C=O) groups excluding carboxylic acids is 2. The Morgan fingerprint density at radius 3 is 2.43 bits per heavy atom. The molecule has 0 aromatic heterocycles. The predicted octanol–water partition coefficient (Wildman–Crippen LogP) is 3.17. The van der Waals surface area contributed by atoms with Crippen molar-refractivity contribution in [3.63, 3.8) is 0 Å². The highest BCUT2D eigenvalue weighted by Crippen LogP contribution is 2.27. The standard InChI is InChI=1S/C20H30N2O5S/c1-3-4-13-22(2)28(25,26)18-11-9-17(10-12-18)21-19(23)15-27-20(24)14-16-7-5-6-8-16/h9-12,16H,3-8,13-15H2,1-2H3,(H,21,23). The van der Waals surface area contributed by atoms with E-state index in [4.69, 9.17) is 4.74 Å². The average molecular weight is 411 g/mol. The third-order valence-corrected chi connectivity index (χ3v) is 6.84. The Bertz CT molecular complexity index is 755.